The zero-order valence-electron chi connectivity index (χ0n) is 12.7. The number of anilines is 1. The van der Waals surface area contributed by atoms with Crippen molar-refractivity contribution in [3.63, 3.8) is 0 Å². The second-order valence-corrected chi connectivity index (χ2v) is 7.33. The van der Waals surface area contributed by atoms with Crippen LogP contribution in [0.1, 0.15) is 28.8 Å². The minimum absolute atomic E-state index is 0.161. The highest BCUT2D eigenvalue weighted by Gasteiger charge is 2.25. The molecule has 0 radical (unpaired) electrons. The summed E-state index contributed by atoms with van der Waals surface area (Å²) in [5.74, 6) is -0.161. The summed E-state index contributed by atoms with van der Waals surface area (Å²) in [7, 11) is -3.67. The molecule has 2 aromatic carbocycles. The SMILES string of the molecule is Cc1c(NS(=O)(=O)c2ccccc2)cccc1C(=O)NC1CC1. The fraction of sp³-hybridized carbons (Fsp3) is 0.235. The second kappa shape index (κ2) is 6.04. The third kappa shape index (κ3) is 3.53. The van der Waals surface area contributed by atoms with Gasteiger partial charge < -0.3 is 5.32 Å². The maximum atomic E-state index is 12.4. The molecule has 1 aliphatic rings. The Morgan fingerprint density at radius 2 is 1.74 bits per heavy atom. The average Bonchev–Trinajstić information content (AvgIpc) is 3.34. The minimum atomic E-state index is -3.67. The van der Waals surface area contributed by atoms with Gasteiger partial charge in [-0.25, -0.2) is 8.42 Å². The predicted molar refractivity (Wildman–Crippen MR) is 88.9 cm³/mol. The van der Waals surface area contributed by atoms with Crippen LogP contribution in [0.15, 0.2) is 53.4 Å². The van der Waals surface area contributed by atoms with Crippen molar-refractivity contribution < 1.29 is 13.2 Å². The highest BCUT2D eigenvalue weighted by molar-refractivity contribution is 7.92. The molecule has 0 heterocycles. The third-order valence-electron chi connectivity index (χ3n) is 3.79. The number of nitrogens with one attached hydrogen (secondary N) is 2. The first kappa shape index (κ1) is 15.6. The van der Waals surface area contributed by atoms with E-state index >= 15 is 0 Å². The number of sulfonamides is 1. The minimum Gasteiger partial charge on any atom is -0.349 e. The first-order valence-electron chi connectivity index (χ1n) is 7.46. The van der Waals surface area contributed by atoms with Crippen LogP contribution < -0.4 is 10.0 Å². The van der Waals surface area contributed by atoms with Crippen LogP contribution in [0.25, 0.3) is 0 Å². The molecule has 2 N–H and O–H groups in total. The first-order valence-corrected chi connectivity index (χ1v) is 8.94. The summed E-state index contributed by atoms with van der Waals surface area (Å²) in [6.07, 6.45) is 2.01. The van der Waals surface area contributed by atoms with Gasteiger partial charge in [-0.05, 0) is 49.6 Å². The zero-order valence-corrected chi connectivity index (χ0v) is 13.6. The van der Waals surface area contributed by atoms with Gasteiger partial charge in [-0.1, -0.05) is 24.3 Å². The van der Waals surface area contributed by atoms with E-state index in [4.69, 9.17) is 0 Å². The number of hydrogen-bond acceptors (Lipinski definition) is 3. The van der Waals surface area contributed by atoms with Gasteiger partial charge in [0.15, 0.2) is 0 Å². The van der Waals surface area contributed by atoms with Gasteiger partial charge in [-0.2, -0.15) is 0 Å². The Bertz CT molecular complexity index is 828. The van der Waals surface area contributed by atoms with E-state index in [1.165, 1.54) is 12.1 Å². The lowest BCUT2D eigenvalue weighted by molar-refractivity contribution is 0.0950. The van der Waals surface area contributed by atoms with Crippen molar-refractivity contribution >= 4 is 21.6 Å². The summed E-state index contributed by atoms with van der Waals surface area (Å²) in [6, 6.07) is 13.4. The molecular weight excluding hydrogens is 312 g/mol. The van der Waals surface area contributed by atoms with Gasteiger partial charge in [0, 0.05) is 11.6 Å². The largest absolute Gasteiger partial charge is 0.349 e. The number of carbonyl (C=O) groups is 1. The molecule has 3 rings (SSSR count). The van der Waals surface area contributed by atoms with Crippen LogP contribution in [-0.2, 0) is 10.0 Å². The number of amides is 1. The standard InChI is InChI=1S/C17H18N2O3S/c1-12-15(17(20)18-13-10-11-13)8-5-9-16(12)19-23(21,22)14-6-3-2-4-7-14/h2-9,13,19H,10-11H2,1H3,(H,18,20). The summed E-state index contributed by atoms with van der Waals surface area (Å²) in [4.78, 5) is 12.4. The van der Waals surface area contributed by atoms with E-state index < -0.39 is 10.0 Å². The van der Waals surface area contributed by atoms with Gasteiger partial charge in [0.1, 0.15) is 0 Å². The lowest BCUT2D eigenvalue weighted by Gasteiger charge is -2.13. The molecule has 23 heavy (non-hydrogen) atoms. The lowest BCUT2D eigenvalue weighted by atomic mass is 10.1. The van der Waals surface area contributed by atoms with Crippen LogP contribution in [0.4, 0.5) is 5.69 Å². The van der Waals surface area contributed by atoms with Gasteiger partial charge in [0.05, 0.1) is 10.6 Å². The van der Waals surface area contributed by atoms with Crippen LogP contribution in [0.2, 0.25) is 0 Å². The molecular formula is C17H18N2O3S. The van der Waals surface area contributed by atoms with Crippen molar-refractivity contribution in [2.75, 3.05) is 4.72 Å². The molecule has 0 spiro atoms. The highest BCUT2D eigenvalue weighted by Crippen LogP contribution is 2.24. The van der Waals surface area contributed by atoms with Crippen molar-refractivity contribution in [1.82, 2.24) is 5.32 Å². The molecule has 1 aliphatic carbocycles. The van der Waals surface area contributed by atoms with Gasteiger partial charge in [-0.15, -0.1) is 0 Å². The van der Waals surface area contributed by atoms with Crippen molar-refractivity contribution in [2.45, 2.75) is 30.7 Å². The van der Waals surface area contributed by atoms with Gasteiger partial charge >= 0.3 is 0 Å². The van der Waals surface area contributed by atoms with E-state index in [0.29, 0.717) is 16.8 Å². The van der Waals surface area contributed by atoms with E-state index in [1.54, 1.807) is 43.3 Å². The Kier molecular flexibility index (Phi) is 4.09. The summed E-state index contributed by atoms with van der Waals surface area (Å²) in [5, 5.41) is 2.92. The van der Waals surface area contributed by atoms with Crippen molar-refractivity contribution in [3.05, 3.63) is 59.7 Å². The van der Waals surface area contributed by atoms with Crippen LogP contribution in [0.3, 0.4) is 0 Å². The summed E-state index contributed by atoms with van der Waals surface area (Å²) >= 11 is 0. The molecule has 1 saturated carbocycles. The topological polar surface area (TPSA) is 75.3 Å². The smallest absolute Gasteiger partial charge is 0.261 e. The Labute approximate surface area is 135 Å². The second-order valence-electron chi connectivity index (χ2n) is 5.64. The van der Waals surface area contributed by atoms with Crippen LogP contribution in [-0.4, -0.2) is 20.4 Å². The van der Waals surface area contributed by atoms with Crippen LogP contribution >= 0.6 is 0 Å². The van der Waals surface area contributed by atoms with Crippen molar-refractivity contribution in [3.8, 4) is 0 Å². The molecule has 1 amide bonds. The molecule has 0 aliphatic heterocycles. The van der Waals surface area contributed by atoms with E-state index in [9.17, 15) is 13.2 Å². The number of carbonyl (C=O) groups excluding carboxylic acids is 1. The molecule has 120 valence electrons. The lowest BCUT2D eigenvalue weighted by Crippen LogP contribution is -2.26. The number of rotatable bonds is 5. The predicted octanol–water partition coefficient (Wildman–Crippen LogP) is 2.69. The van der Waals surface area contributed by atoms with E-state index in [1.807, 2.05) is 0 Å². The molecule has 0 saturated heterocycles. The van der Waals surface area contributed by atoms with E-state index in [-0.39, 0.29) is 16.8 Å². The fourth-order valence-corrected chi connectivity index (χ4v) is 3.43. The summed E-state index contributed by atoms with van der Waals surface area (Å²) in [5.41, 5.74) is 1.52. The quantitative estimate of drug-likeness (QED) is 0.885. The van der Waals surface area contributed by atoms with E-state index in [2.05, 4.69) is 10.0 Å². The Balaban J connectivity index is 1.87. The molecule has 0 unspecified atom stereocenters. The molecule has 0 atom stereocenters. The first-order chi connectivity index (χ1) is 11.0. The van der Waals surface area contributed by atoms with Gasteiger partial charge in [-0.3, -0.25) is 9.52 Å². The molecule has 0 bridgehead atoms. The van der Waals surface area contributed by atoms with Gasteiger partial charge in [0.2, 0.25) is 0 Å². The molecule has 2 aromatic rings. The monoisotopic (exact) mass is 330 g/mol. The maximum absolute atomic E-state index is 12.4. The van der Waals surface area contributed by atoms with Crippen LogP contribution in [0, 0.1) is 6.92 Å². The zero-order chi connectivity index (χ0) is 16.4. The van der Waals surface area contributed by atoms with Crippen molar-refractivity contribution in [2.24, 2.45) is 0 Å². The van der Waals surface area contributed by atoms with Crippen LogP contribution in [0.5, 0.6) is 0 Å². The molecule has 6 heteroatoms. The molecule has 5 nitrogen and oxygen atoms in total. The Morgan fingerprint density at radius 1 is 1.04 bits per heavy atom. The maximum Gasteiger partial charge on any atom is 0.261 e. The average molecular weight is 330 g/mol. The summed E-state index contributed by atoms with van der Waals surface area (Å²) in [6.45, 7) is 1.74. The number of hydrogen-bond donors (Lipinski definition) is 2. The Hall–Kier alpha value is -2.34. The molecule has 0 aromatic heterocycles. The van der Waals surface area contributed by atoms with E-state index in [0.717, 1.165) is 12.8 Å². The van der Waals surface area contributed by atoms with Crippen molar-refractivity contribution in [1.29, 1.82) is 0 Å². The molecule has 1 fully saturated rings. The summed E-state index contributed by atoms with van der Waals surface area (Å²) < 4.78 is 27.4. The Morgan fingerprint density at radius 3 is 2.39 bits per heavy atom. The highest BCUT2D eigenvalue weighted by atomic mass is 32.2. The fourth-order valence-electron chi connectivity index (χ4n) is 2.29. The normalized spacial score (nSPS) is 14.3. The third-order valence-corrected chi connectivity index (χ3v) is 5.17. The van der Waals surface area contributed by atoms with Gasteiger partial charge in [0.25, 0.3) is 15.9 Å². The number of benzene rings is 2.